The topological polar surface area (TPSA) is 78.6 Å². The van der Waals surface area contributed by atoms with Gasteiger partial charge in [0.05, 0.1) is 5.56 Å². The Morgan fingerprint density at radius 1 is 1.36 bits per heavy atom. The number of halogens is 1. The molecule has 4 N–H and O–H groups in total. The molecule has 0 radical (unpaired) electrons. The van der Waals surface area contributed by atoms with Gasteiger partial charge in [-0.15, -0.1) is 12.4 Å². The molecule has 6 heteroatoms. The zero-order chi connectivity index (χ0) is 15.4. The predicted octanol–water partition coefficient (Wildman–Crippen LogP) is 2.25. The van der Waals surface area contributed by atoms with Crippen LogP contribution in [0.4, 0.5) is 5.69 Å². The molecule has 1 amide bonds. The molecule has 0 aliphatic carbocycles. The lowest BCUT2D eigenvalue weighted by molar-refractivity contribution is 0.0928. The summed E-state index contributed by atoms with van der Waals surface area (Å²) in [7, 11) is 0. The number of hydrogen-bond donors (Lipinski definition) is 3. The minimum absolute atomic E-state index is 0. The van der Waals surface area contributed by atoms with Crippen molar-refractivity contribution in [2.45, 2.75) is 32.7 Å². The summed E-state index contributed by atoms with van der Waals surface area (Å²) in [6.45, 7) is 7.17. The van der Waals surface area contributed by atoms with Crippen molar-refractivity contribution in [1.29, 1.82) is 0 Å². The molecule has 1 aliphatic rings. The van der Waals surface area contributed by atoms with E-state index in [-0.39, 0.29) is 24.1 Å². The number of hydrogen-bond acceptors (Lipinski definition) is 4. The van der Waals surface area contributed by atoms with Gasteiger partial charge < -0.3 is 16.2 Å². The van der Waals surface area contributed by atoms with Crippen LogP contribution in [-0.4, -0.2) is 41.6 Å². The van der Waals surface area contributed by atoms with E-state index in [1.807, 2.05) is 0 Å². The highest BCUT2D eigenvalue weighted by Crippen LogP contribution is 2.20. The smallest absolute Gasteiger partial charge is 0.253 e. The van der Waals surface area contributed by atoms with E-state index in [1.54, 1.807) is 6.07 Å². The first-order valence-corrected chi connectivity index (χ1v) is 7.59. The molecule has 0 aromatic heterocycles. The fraction of sp³-hybridized carbons (Fsp3) is 0.562. The monoisotopic (exact) mass is 327 g/mol. The van der Waals surface area contributed by atoms with Crippen molar-refractivity contribution in [2.75, 3.05) is 25.4 Å². The van der Waals surface area contributed by atoms with Crippen LogP contribution in [0.3, 0.4) is 0 Å². The number of carbonyl (C=O) groups is 1. The molecule has 0 bridgehead atoms. The van der Waals surface area contributed by atoms with E-state index >= 15 is 0 Å². The molecule has 1 atom stereocenters. The van der Waals surface area contributed by atoms with Gasteiger partial charge in [-0.2, -0.15) is 0 Å². The Balaban J connectivity index is 0.00000242. The highest BCUT2D eigenvalue weighted by molar-refractivity contribution is 5.99. The summed E-state index contributed by atoms with van der Waals surface area (Å²) in [5.41, 5.74) is 6.51. The Morgan fingerprint density at radius 2 is 2.00 bits per heavy atom. The second-order valence-corrected chi connectivity index (χ2v) is 6.04. The van der Waals surface area contributed by atoms with Crippen LogP contribution in [0.1, 0.15) is 37.0 Å². The van der Waals surface area contributed by atoms with Gasteiger partial charge in [0, 0.05) is 18.3 Å². The number of nitrogens with two attached hydrogens (primary N) is 1. The third kappa shape index (κ3) is 4.52. The van der Waals surface area contributed by atoms with Crippen molar-refractivity contribution >= 4 is 24.0 Å². The number of anilines is 1. The number of likely N-dealkylation sites (tertiary alicyclic amines) is 1. The summed E-state index contributed by atoms with van der Waals surface area (Å²) in [5, 5.41) is 12.4. The maximum Gasteiger partial charge on any atom is 0.253 e. The molecule has 5 nitrogen and oxygen atoms in total. The summed E-state index contributed by atoms with van der Waals surface area (Å²) < 4.78 is 0. The van der Waals surface area contributed by atoms with E-state index in [9.17, 15) is 9.90 Å². The second-order valence-electron chi connectivity index (χ2n) is 6.04. The summed E-state index contributed by atoms with van der Waals surface area (Å²) >= 11 is 0. The van der Waals surface area contributed by atoms with Gasteiger partial charge in [0.25, 0.3) is 5.91 Å². The van der Waals surface area contributed by atoms with Crippen LogP contribution in [-0.2, 0) is 0 Å². The Kier molecular flexibility index (Phi) is 6.97. The maximum atomic E-state index is 12.2. The number of benzene rings is 1. The minimum Gasteiger partial charge on any atom is -0.508 e. The summed E-state index contributed by atoms with van der Waals surface area (Å²) in [4.78, 5) is 14.7. The van der Waals surface area contributed by atoms with Crippen LogP contribution in [0.15, 0.2) is 18.2 Å². The fourth-order valence-corrected chi connectivity index (χ4v) is 2.89. The van der Waals surface area contributed by atoms with Crippen molar-refractivity contribution in [1.82, 2.24) is 10.2 Å². The molecular formula is C16H26ClN3O2. The van der Waals surface area contributed by atoms with Crippen molar-refractivity contribution in [3.05, 3.63) is 23.8 Å². The average molecular weight is 328 g/mol. The highest BCUT2D eigenvalue weighted by Gasteiger charge is 2.25. The molecule has 0 spiro atoms. The van der Waals surface area contributed by atoms with E-state index < -0.39 is 0 Å². The van der Waals surface area contributed by atoms with Gasteiger partial charge in [-0.05, 0) is 50.0 Å². The van der Waals surface area contributed by atoms with Gasteiger partial charge in [0.2, 0.25) is 0 Å². The second kappa shape index (κ2) is 8.25. The van der Waals surface area contributed by atoms with Gasteiger partial charge in [-0.1, -0.05) is 13.8 Å². The molecule has 22 heavy (non-hydrogen) atoms. The fourth-order valence-electron chi connectivity index (χ4n) is 2.89. The lowest BCUT2D eigenvalue weighted by Crippen LogP contribution is -2.45. The number of nitrogen functional groups attached to an aromatic ring is 1. The number of aromatic hydroxyl groups is 1. The SMILES string of the molecule is CC(C)C(CNC(=O)c1cc(O)ccc1N)N1CCCC1.Cl. The summed E-state index contributed by atoms with van der Waals surface area (Å²) in [5.74, 6) is 0.299. The van der Waals surface area contributed by atoms with Crippen LogP contribution in [0.2, 0.25) is 0 Å². The molecular weight excluding hydrogens is 302 g/mol. The van der Waals surface area contributed by atoms with Crippen molar-refractivity contribution in [2.24, 2.45) is 5.92 Å². The molecule has 1 saturated heterocycles. The van der Waals surface area contributed by atoms with Crippen LogP contribution in [0.5, 0.6) is 5.75 Å². The summed E-state index contributed by atoms with van der Waals surface area (Å²) in [6, 6.07) is 4.78. The minimum atomic E-state index is -0.228. The number of carbonyl (C=O) groups excluding carboxylic acids is 1. The molecule has 1 heterocycles. The Morgan fingerprint density at radius 3 is 2.59 bits per heavy atom. The predicted molar refractivity (Wildman–Crippen MR) is 91.5 cm³/mol. The standard InChI is InChI=1S/C16H25N3O2.ClH/c1-11(2)15(19-7-3-4-8-19)10-18-16(21)13-9-12(20)5-6-14(13)17;/h5-6,9,11,15,20H,3-4,7-8,10,17H2,1-2H3,(H,18,21);1H. The van der Waals surface area contributed by atoms with E-state index in [1.165, 1.54) is 25.0 Å². The van der Waals surface area contributed by atoms with Crippen molar-refractivity contribution in [3.63, 3.8) is 0 Å². The first-order chi connectivity index (χ1) is 9.99. The molecule has 0 saturated carbocycles. The van der Waals surface area contributed by atoms with E-state index in [0.717, 1.165) is 13.1 Å². The number of phenols is 1. The number of rotatable bonds is 5. The molecule has 1 aromatic rings. The Hall–Kier alpha value is -1.46. The van der Waals surface area contributed by atoms with Gasteiger partial charge in [-0.25, -0.2) is 0 Å². The van der Waals surface area contributed by atoms with E-state index in [4.69, 9.17) is 5.73 Å². The van der Waals surface area contributed by atoms with E-state index in [0.29, 0.717) is 29.8 Å². The lowest BCUT2D eigenvalue weighted by Gasteiger charge is -2.31. The number of phenolic OH excluding ortho intramolecular Hbond substituents is 1. The molecule has 1 fully saturated rings. The van der Waals surface area contributed by atoms with Crippen LogP contribution >= 0.6 is 12.4 Å². The summed E-state index contributed by atoms with van der Waals surface area (Å²) in [6.07, 6.45) is 2.47. The van der Waals surface area contributed by atoms with Gasteiger partial charge in [0.15, 0.2) is 0 Å². The van der Waals surface area contributed by atoms with Crippen LogP contribution < -0.4 is 11.1 Å². The Bertz CT molecular complexity index is 502. The van der Waals surface area contributed by atoms with Gasteiger partial charge >= 0.3 is 0 Å². The number of amides is 1. The molecule has 124 valence electrons. The van der Waals surface area contributed by atoms with Crippen LogP contribution in [0, 0.1) is 5.92 Å². The third-order valence-corrected chi connectivity index (χ3v) is 4.13. The van der Waals surface area contributed by atoms with Crippen molar-refractivity contribution in [3.8, 4) is 5.75 Å². The van der Waals surface area contributed by atoms with E-state index in [2.05, 4.69) is 24.1 Å². The maximum absolute atomic E-state index is 12.2. The normalized spacial score (nSPS) is 16.3. The number of nitrogens with one attached hydrogen (secondary N) is 1. The average Bonchev–Trinajstić information content (AvgIpc) is 2.95. The number of nitrogens with zero attached hydrogens (tertiary/aromatic N) is 1. The molecule has 1 aromatic carbocycles. The quantitative estimate of drug-likeness (QED) is 0.572. The molecule has 2 rings (SSSR count). The van der Waals surface area contributed by atoms with Crippen molar-refractivity contribution < 1.29 is 9.90 Å². The first-order valence-electron chi connectivity index (χ1n) is 7.59. The largest absolute Gasteiger partial charge is 0.508 e. The van der Waals surface area contributed by atoms with Gasteiger partial charge in [-0.3, -0.25) is 9.69 Å². The third-order valence-electron chi connectivity index (χ3n) is 4.13. The molecule has 1 unspecified atom stereocenters. The first kappa shape index (κ1) is 18.6. The highest BCUT2D eigenvalue weighted by atomic mass is 35.5. The van der Waals surface area contributed by atoms with Gasteiger partial charge in [0.1, 0.15) is 5.75 Å². The molecule has 1 aliphatic heterocycles. The lowest BCUT2D eigenvalue weighted by atomic mass is 10.0. The zero-order valence-electron chi connectivity index (χ0n) is 13.2. The zero-order valence-corrected chi connectivity index (χ0v) is 14.0. The Labute approximate surface area is 138 Å². The van der Waals surface area contributed by atoms with Crippen LogP contribution in [0.25, 0.3) is 0 Å².